The minimum atomic E-state index is -5.11. The maximum Gasteiger partial charge on any atom is 0.420 e. The fourth-order valence-electron chi connectivity index (χ4n) is 5.70. The molecule has 29 heavy (non-hydrogen) atoms. The Morgan fingerprint density at radius 1 is 1.38 bits per heavy atom. The van der Waals surface area contributed by atoms with Gasteiger partial charge in [-0.3, -0.25) is 9.69 Å². The molecule has 6 atom stereocenters. The van der Waals surface area contributed by atoms with E-state index in [0.29, 0.717) is 6.42 Å². The summed E-state index contributed by atoms with van der Waals surface area (Å²) in [5, 5.41) is 19.4. The Morgan fingerprint density at radius 3 is 2.76 bits per heavy atom. The molecule has 0 aromatic heterocycles. The molecule has 0 unspecified atom stereocenters. The second-order valence-corrected chi connectivity index (χ2v) is 8.22. The average molecular weight is 412 g/mol. The molecule has 5 rings (SSSR count). The van der Waals surface area contributed by atoms with E-state index in [0.717, 1.165) is 17.0 Å². The molecule has 1 amide bonds. The number of anilines is 1. The first-order chi connectivity index (χ1) is 13.5. The van der Waals surface area contributed by atoms with Gasteiger partial charge in [0, 0.05) is 18.8 Å². The topological polar surface area (TPSA) is 82.8 Å². The summed E-state index contributed by atoms with van der Waals surface area (Å²) in [5.41, 5.74) is -5.20. The van der Waals surface area contributed by atoms with Gasteiger partial charge in [0.15, 0.2) is 5.82 Å². The number of fused-ring (bicyclic) bond motifs is 2. The standard InChI is InChI=1S/C19H16F4N2O4/c1-17-10(26)6-18(29-17)4-5-28-16-13(18)12(17)15(27)25(16)9-3-2-8(7-24)11(14(9)20)19(21,22)23/h2-3,10,12-13,16,26H,4-6H2,1H3/t10-,12+,13-,16-,17+,18-/m0/s1. The van der Waals surface area contributed by atoms with Crippen molar-refractivity contribution < 1.29 is 36.9 Å². The number of hydrogen-bond donors (Lipinski definition) is 1. The molecule has 2 bridgehead atoms. The molecule has 4 aliphatic rings. The molecule has 4 fully saturated rings. The maximum atomic E-state index is 15.0. The summed E-state index contributed by atoms with van der Waals surface area (Å²) < 4.78 is 67.1. The first-order valence-electron chi connectivity index (χ1n) is 9.18. The van der Waals surface area contributed by atoms with Gasteiger partial charge in [0.2, 0.25) is 5.91 Å². The summed E-state index contributed by atoms with van der Waals surface area (Å²) in [5.74, 6) is -3.73. The molecule has 1 N–H and O–H groups in total. The molecule has 0 aliphatic carbocycles. The van der Waals surface area contributed by atoms with E-state index in [9.17, 15) is 23.1 Å². The predicted molar refractivity (Wildman–Crippen MR) is 87.8 cm³/mol. The SMILES string of the molecule is C[C@]12O[C@@]3(CCO[C@H]4[C@@H]3[C@@H]1C(=O)N4c1ccc(C#N)c(C(F)(F)F)c1F)C[C@@H]2O. The number of aliphatic hydroxyl groups excluding tert-OH is 1. The van der Waals surface area contributed by atoms with Gasteiger partial charge in [-0.05, 0) is 19.1 Å². The highest BCUT2D eigenvalue weighted by molar-refractivity contribution is 6.00. The van der Waals surface area contributed by atoms with E-state index in [1.54, 1.807) is 6.92 Å². The van der Waals surface area contributed by atoms with Crippen molar-refractivity contribution in [2.24, 2.45) is 11.8 Å². The van der Waals surface area contributed by atoms with E-state index in [4.69, 9.17) is 14.7 Å². The normalized spacial score (nSPS) is 40.3. The molecule has 0 saturated carbocycles. The number of nitriles is 1. The number of carbonyl (C=O) groups is 1. The van der Waals surface area contributed by atoms with E-state index < -0.39 is 70.1 Å². The van der Waals surface area contributed by atoms with Crippen LogP contribution in [0, 0.1) is 29.0 Å². The second-order valence-electron chi connectivity index (χ2n) is 8.22. The number of aliphatic hydroxyl groups is 1. The Labute approximate surface area is 162 Å². The lowest BCUT2D eigenvalue weighted by atomic mass is 9.65. The number of rotatable bonds is 1. The summed E-state index contributed by atoms with van der Waals surface area (Å²) in [6, 6.07) is 3.19. The van der Waals surface area contributed by atoms with Crippen LogP contribution in [0.15, 0.2) is 12.1 Å². The summed E-state index contributed by atoms with van der Waals surface area (Å²) in [4.78, 5) is 14.2. The van der Waals surface area contributed by atoms with Crippen LogP contribution in [-0.2, 0) is 20.4 Å². The van der Waals surface area contributed by atoms with Crippen LogP contribution < -0.4 is 4.90 Å². The monoisotopic (exact) mass is 412 g/mol. The van der Waals surface area contributed by atoms with Gasteiger partial charge < -0.3 is 14.6 Å². The molecular weight excluding hydrogens is 396 g/mol. The number of amides is 1. The van der Waals surface area contributed by atoms with Crippen molar-refractivity contribution >= 4 is 11.6 Å². The summed E-state index contributed by atoms with van der Waals surface area (Å²) >= 11 is 0. The first kappa shape index (κ1) is 18.8. The number of benzene rings is 1. The van der Waals surface area contributed by atoms with Crippen LogP contribution in [0.5, 0.6) is 0 Å². The number of carbonyl (C=O) groups excluding carboxylic acids is 1. The molecule has 4 heterocycles. The highest BCUT2D eigenvalue weighted by Gasteiger charge is 2.78. The number of alkyl halides is 3. The fraction of sp³-hybridized carbons (Fsp3) is 0.579. The lowest BCUT2D eigenvalue weighted by Gasteiger charge is -2.42. The molecule has 4 saturated heterocycles. The van der Waals surface area contributed by atoms with E-state index >= 15 is 4.39 Å². The molecule has 1 aromatic carbocycles. The van der Waals surface area contributed by atoms with Crippen LogP contribution >= 0.6 is 0 Å². The van der Waals surface area contributed by atoms with Gasteiger partial charge in [0.05, 0.1) is 41.5 Å². The van der Waals surface area contributed by atoms with Gasteiger partial charge >= 0.3 is 6.18 Å². The van der Waals surface area contributed by atoms with E-state index in [1.165, 1.54) is 6.07 Å². The fourth-order valence-corrected chi connectivity index (χ4v) is 5.70. The number of nitrogens with zero attached hydrogens (tertiary/aromatic N) is 2. The second kappa shape index (κ2) is 5.47. The Kier molecular flexibility index (Phi) is 3.55. The lowest BCUT2D eigenvalue weighted by molar-refractivity contribution is -0.143. The molecule has 6 nitrogen and oxygen atoms in total. The maximum absolute atomic E-state index is 15.0. The van der Waals surface area contributed by atoms with Crippen LogP contribution in [0.2, 0.25) is 0 Å². The van der Waals surface area contributed by atoms with Crippen molar-refractivity contribution in [2.75, 3.05) is 11.5 Å². The Hall–Kier alpha value is -2.22. The molecule has 10 heteroatoms. The quantitative estimate of drug-likeness (QED) is 0.716. The molecule has 0 radical (unpaired) electrons. The number of hydrogen-bond acceptors (Lipinski definition) is 5. The largest absolute Gasteiger partial charge is 0.420 e. The third-order valence-corrected chi connectivity index (χ3v) is 6.87. The van der Waals surface area contributed by atoms with Crippen molar-refractivity contribution in [1.82, 2.24) is 0 Å². The highest BCUT2D eigenvalue weighted by atomic mass is 19.4. The summed E-state index contributed by atoms with van der Waals surface area (Å²) in [7, 11) is 0. The van der Waals surface area contributed by atoms with Gasteiger partial charge in [-0.1, -0.05) is 0 Å². The van der Waals surface area contributed by atoms with Crippen molar-refractivity contribution in [3.8, 4) is 6.07 Å². The molecule has 154 valence electrons. The zero-order valence-electron chi connectivity index (χ0n) is 15.2. The van der Waals surface area contributed by atoms with Gasteiger partial charge in [0.25, 0.3) is 0 Å². The summed E-state index contributed by atoms with van der Waals surface area (Å²) in [6.45, 7) is 1.76. The van der Waals surface area contributed by atoms with Gasteiger partial charge in [0.1, 0.15) is 17.4 Å². The molecule has 1 spiro atoms. The third-order valence-electron chi connectivity index (χ3n) is 6.87. The smallest absolute Gasteiger partial charge is 0.390 e. The lowest BCUT2D eigenvalue weighted by Crippen LogP contribution is -2.53. The van der Waals surface area contributed by atoms with Crippen LogP contribution in [0.1, 0.15) is 30.9 Å². The Bertz CT molecular complexity index is 976. The van der Waals surface area contributed by atoms with Crippen molar-refractivity contribution in [3.05, 3.63) is 29.1 Å². The molecule has 4 aliphatic heterocycles. The van der Waals surface area contributed by atoms with Crippen molar-refractivity contribution in [1.29, 1.82) is 5.26 Å². The Morgan fingerprint density at radius 2 is 2.10 bits per heavy atom. The van der Waals surface area contributed by atoms with Crippen molar-refractivity contribution in [3.63, 3.8) is 0 Å². The zero-order valence-corrected chi connectivity index (χ0v) is 15.2. The van der Waals surface area contributed by atoms with Crippen LogP contribution in [0.25, 0.3) is 0 Å². The van der Waals surface area contributed by atoms with Crippen LogP contribution in [-0.4, -0.2) is 41.2 Å². The van der Waals surface area contributed by atoms with Gasteiger partial charge in [-0.15, -0.1) is 0 Å². The third kappa shape index (κ3) is 2.13. The van der Waals surface area contributed by atoms with E-state index in [1.807, 2.05) is 0 Å². The van der Waals surface area contributed by atoms with Crippen LogP contribution in [0.4, 0.5) is 23.2 Å². The molecular formula is C19H16F4N2O4. The van der Waals surface area contributed by atoms with Gasteiger partial charge in [-0.25, -0.2) is 4.39 Å². The summed E-state index contributed by atoms with van der Waals surface area (Å²) in [6.07, 6.45) is -6.30. The van der Waals surface area contributed by atoms with E-state index in [2.05, 4.69) is 0 Å². The molecule has 1 aromatic rings. The minimum absolute atomic E-state index is 0.157. The average Bonchev–Trinajstić information content (AvgIpc) is 3.18. The highest BCUT2D eigenvalue weighted by Crippen LogP contribution is 2.65. The van der Waals surface area contributed by atoms with Crippen molar-refractivity contribution in [2.45, 2.75) is 49.5 Å². The van der Waals surface area contributed by atoms with E-state index in [-0.39, 0.29) is 13.0 Å². The number of halogens is 4. The van der Waals surface area contributed by atoms with Crippen LogP contribution in [0.3, 0.4) is 0 Å². The van der Waals surface area contributed by atoms with Gasteiger partial charge in [-0.2, -0.15) is 18.4 Å². The predicted octanol–water partition coefficient (Wildman–Crippen LogP) is 2.33. The Balaban J connectivity index is 1.67. The number of ether oxygens (including phenoxy) is 2. The first-order valence-corrected chi connectivity index (χ1v) is 9.18. The zero-order chi connectivity index (χ0) is 20.9. The minimum Gasteiger partial charge on any atom is -0.390 e.